The molecule has 3 aromatic rings. The van der Waals surface area contributed by atoms with Crippen molar-refractivity contribution >= 4 is 39.6 Å². The molecule has 0 radical (unpaired) electrons. The number of hydrogen-bond donors (Lipinski definition) is 3. The van der Waals surface area contributed by atoms with Gasteiger partial charge < -0.3 is 15.6 Å². The minimum atomic E-state index is 0.584. The highest BCUT2D eigenvalue weighted by atomic mass is 32.1. The fourth-order valence-electron chi connectivity index (χ4n) is 1.95. The summed E-state index contributed by atoms with van der Waals surface area (Å²) < 4.78 is 0. The van der Waals surface area contributed by atoms with Crippen molar-refractivity contribution in [2.45, 2.75) is 0 Å². The molecule has 0 aliphatic carbocycles. The highest BCUT2D eigenvalue weighted by Gasteiger charge is 2.00. The number of rotatable bonds is 2. The molecule has 0 atom stereocenters. The summed E-state index contributed by atoms with van der Waals surface area (Å²) in [4.78, 5) is 3.16. The molecule has 3 rings (SSSR count). The van der Waals surface area contributed by atoms with Gasteiger partial charge in [0.2, 0.25) is 0 Å². The third-order valence-electron chi connectivity index (χ3n) is 2.84. The maximum absolute atomic E-state index is 5.29. The lowest BCUT2D eigenvalue weighted by Crippen LogP contribution is -2.18. The number of anilines is 2. The summed E-state index contributed by atoms with van der Waals surface area (Å²) in [5.74, 6) is 0. The van der Waals surface area contributed by atoms with Crippen LogP contribution in [0.3, 0.4) is 0 Å². The van der Waals surface area contributed by atoms with Gasteiger partial charge in [-0.2, -0.15) is 0 Å². The molecule has 0 unspecified atom stereocenters. The number of H-pyrrole nitrogens is 1. The van der Waals surface area contributed by atoms with Crippen LogP contribution < -0.4 is 10.6 Å². The van der Waals surface area contributed by atoms with Crippen LogP contribution in [0.2, 0.25) is 0 Å². The second-order valence-corrected chi connectivity index (χ2v) is 4.63. The Morgan fingerprint density at radius 3 is 2.53 bits per heavy atom. The van der Waals surface area contributed by atoms with Crippen molar-refractivity contribution in [3.8, 4) is 0 Å². The normalized spacial score (nSPS) is 10.3. The Morgan fingerprint density at radius 1 is 0.895 bits per heavy atom. The Hall–Kier alpha value is -2.33. The third-order valence-corrected chi connectivity index (χ3v) is 3.05. The first-order chi connectivity index (χ1) is 9.31. The molecule has 0 saturated carbocycles. The molecule has 0 aliphatic heterocycles. The molecule has 3 nitrogen and oxygen atoms in total. The SMILES string of the molecule is S=C(Nc1ccccc1)Nc1ccc2[nH]ccc2c1. The lowest BCUT2D eigenvalue weighted by molar-refractivity contribution is 1.48. The van der Waals surface area contributed by atoms with E-state index in [4.69, 9.17) is 12.2 Å². The van der Waals surface area contributed by atoms with E-state index in [2.05, 4.69) is 21.7 Å². The number of para-hydroxylation sites is 1. The molecule has 0 fully saturated rings. The van der Waals surface area contributed by atoms with Gasteiger partial charge in [-0.25, -0.2) is 0 Å². The highest BCUT2D eigenvalue weighted by Crippen LogP contribution is 2.18. The van der Waals surface area contributed by atoms with Gasteiger partial charge in [0.25, 0.3) is 0 Å². The first-order valence-electron chi connectivity index (χ1n) is 6.01. The predicted octanol–water partition coefficient (Wildman–Crippen LogP) is 3.98. The van der Waals surface area contributed by atoms with Crippen LogP contribution in [0.5, 0.6) is 0 Å². The van der Waals surface area contributed by atoms with Crippen LogP contribution >= 0.6 is 12.2 Å². The maximum Gasteiger partial charge on any atom is 0.175 e. The monoisotopic (exact) mass is 267 g/mol. The summed E-state index contributed by atoms with van der Waals surface area (Å²) in [6.45, 7) is 0. The van der Waals surface area contributed by atoms with Crippen molar-refractivity contribution in [2.24, 2.45) is 0 Å². The summed E-state index contributed by atoms with van der Waals surface area (Å²) in [6.07, 6.45) is 1.93. The highest BCUT2D eigenvalue weighted by molar-refractivity contribution is 7.80. The van der Waals surface area contributed by atoms with E-state index in [-0.39, 0.29) is 0 Å². The Labute approximate surface area is 116 Å². The third kappa shape index (κ3) is 2.74. The average molecular weight is 267 g/mol. The van der Waals surface area contributed by atoms with E-state index in [1.54, 1.807) is 0 Å². The van der Waals surface area contributed by atoms with Gasteiger partial charge in [0.05, 0.1) is 0 Å². The van der Waals surface area contributed by atoms with Crippen molar-refractivity contribution in [3.63, 3.8) is 0 Å². The average Bonchev–Trinajstić information content (AvgIpc) is 2.87. The number of nitrogens with one attached hydrogen (secondary N) is 3. The molecule has 0 aliphatic rings. The fourth-order valence-corrected chi connectivity index (χ4v) is 2.18. The van der Waals surface area contributed by atoms with E-state index >= 15 is 0 Å². The van der Waals surface area contributed by atoms with Crippen LogP contribution in [-0.2, 0) is 0 Å². The second kappa shape index (κ2) is 5.12. The maximum atomic E-state index is 5.29. The minimum Gasteiger partial charge on any atom is -0.361 e. The summed E-state index contributed by atoms with van der Waals surface area (Å²) in [5.41, 5.74) is 3.07. The number of thiocarbonyl (C=S) groups is 1. The zero-order chi connectivity index (χ0) is 13.1. The van der Waals surface area contributed by atoms with Gasteiger partial charge in [-0.3, -0.25) is 0 Å². The lowest BCUT2D eigenvalue weighted by atomic mass is 10.2. The number of aromatic nitrogens is 1. The van der Waals surface area contributed by atoms with Crippen LogP contribution in [0.25, 0.3) is 10.9 Å². The van der Waals surface area contributed by atoms with Crippen LogP contribution in [0.4, 0.5) is 11.4 Å². The Bertz CT molecular complexity index is 703. The van der Waals surface area contributed by atoms with Crippen molar-refractivity contribution in [1.82, 2.24) is 4.98 Å². The molecule has 2 aromatic carbocycles. The quantitative estimate of drug-likeness (QED) is 0.615. The number of aromatic amines is 1. The van der Waals surface area contributed by atoms with Gasteiger partial charge in [-0.15, -0.1) is 0 Å². The predicted molar refractivity (Wildman–Crippen MR) is 84.6 cm³/mol. The van der Waals surface area contributed by atoms with E-state index in [0.717, 1.165) is 22.3 Å². The summed E-state index contributed by atoms with van der Waals surface area (Å²) >= 11 is 5.29. The molecular weight excluding hydrogens is 254 g/mol. The van der Waals surface area contributed by atoms with Gasteiger partial charge >= 0.3 is 0 Å². The van der Waals surface area contributed by atoms with Crippen LogP contribution in [-0.4, -0.2) is 10.1 Å². The smallest absolute Gasteiger partial charge is 0.175 e. The van der Waals surface area contributed by atoms with Gasteiger partial charge in [0, 0.05) is 28.5 Å². The zero-order valence-electron chi connectivity index (χ0n) is 10.2. The van der Waals surface area contributed by atoms with Gasteiger partial charge in [-0.05, 0) is 48.6 Å². The summed E-state index contributed by atoms with van der Waals surface area (Å²) in [6, 6.07) is 18.0. The van der Waals surface area contributed by atoms with E-state index in [0.29, 0.717) is 5.11 Å². The minimum absolute atomic E-state index is 0.584. The van der Waals surface area contributed by atoms with Gasteiger partial charge in [0.15, 0.2) is 5.11 Å². The standard InChI is InChI=1S/C15H13N3S/c19-15(17-12-4-2-1-3-5-12)18-13-6-7-14-11(10-13)8-9-16-14/h1-10,16H,(H2,17,18,19). The van der Waals surface area contributed by atoms with Crippen LogP contribution in [0.1, 0.15) is 0 Å². The van der Waals surface area contributed by atoms with E-state index in [1.807, 2.05) is 54.7 Å². The zero-order valence-corrected chi connectivity index (χ0v) is 11.0. The Balaban J connectivity index is 1.72. The molecule has 3 N–H and O–H groups in total. The molecule has 0 amide bonds. The number of fused-ring (bicyclic) bond motifs is 1. The van der Waals surface area contributed by atoms with Crippen LogP contribution in [0, 0.1) is 0 Å². The molecule has 1 aromatic heterocycles. The number of hydrogen-bond acceptors (Lipinski definition) is 1. The topological polar surface area (TPSA) is 39.8 Å². The summed E-state index contributed by atoms with van der Waals surface area (Å²) in [5, 5.41) is 8.07. The molecule has 1 heterocycles. The van der Waals surface area contributed by atoms with Crippen molar-refractivity contribution in [1.29, 1.82) is 0 Å². The van der Waals surface area contributed by atoms with Crippen molar-refractivity contribution in [3.05, 3.63) is 60.8 Å². The molecule has 0 bridgehead atoms. The lowest BCUT2D eigenvalue weighted by Gasteiger charge is -2.10. The Kier molecular flexibility index (Phi) is 3.16. The van der Waals surface area contributed by atoms with Crippen LogP contribution in [0.15, 0.2) is 60.8 Å². The van der Waals surface area contributed by atoms with E-state index in [9.17, 15) is 0 Å². The number of benzene rings is 2. The fraction of sp³-hybridized carbons (Fsp3) is 0. The molecule has 0 saturated heterocycles. The molecule has 94 valence electrons. The molecule has 19 heavy (non-hydrogen) atoms. The van der Waals surface area contributed by atoms with Crippen molar-refractivity contribution in [2.75, 3.05) is 10.6 Å². The van der Waals surface area contributed by atoms with E-state index < -0.39 is 0 Å². The second-order valence-electron chi connectivity index (χ2n) is 4.22. The largest absolute Gasteiger partial charge is 0.361 e. The van der Waals surface area contributed by atoms with Gasteiger partial charge in [0.1, 0.15) is 0 Å². The summed E-state index contributed by atoms with van der Waals surface area (Å²) in [7, 11) is 0. The van der Waals surface area contributed by atoms with Crippen molar-refractivity contribution < 1.29 is 0 Å². The molecule has 4 heteroatoms. The molecular formula is C15H13N3S. The van der Waals surface area contributed by atoms with E-state index in [1.165, 1.54) is 0 Å². The Morgan fingerprint density at radius 2 is 1.68 bits per heavy atom. The first kappa shape index (κ1) is 11.7. The molecule has 0 spiro atoms. The first-order valence-corrected chi connectivity index (χ1v) is 6.42. The van der Waals surface area contributed by atoms with Gasteiger partial charge in [-0.1, -0.05) is 18.2 Å².